The summed E-state index contributed by atoms with van der Waals surface area (Å²) in [5.41, 5.74) is 0.526. The number of nitrogens with zero attached hydrogens (tertiary/aromatic N) is 1. The number of benzene rings is 2. The smallest absolute Gasteiger partial charge is 0.252 e. The molecule has 0 heterocycles. The molecule has 1 amide bonds. The summed E-state index contributed by atoms with van der Waals surface area (Å²) >= 11 is 0. The zero-order valence-electron chi connectivity index (χ0n) is 13.3. The van der Waals surface area contributed by atoms with Crippen LogP contribution in [0.25, 0.3) is 10.8 Å². The summed E-state index contributed by atoms with van der Waals surface area (Å²) in [6, 6.07) is 10.8. The average Bonchev–Trinajstić information content (AvgIpc) is 2.54. The number of nitrogens with one attached hydrogen (secondary N) is 1. The van der Waals surface area contributed by atoms with E-state index in [1.54, 1.807) is 6.07 Å². The highest BCUT2D eigenvalue weighted by Gasteiger charge is 2.11. The van der Waals surface area contributed by atoms with E-state index in [-0.39, 0.29) is 11.7 Å². The number of hydrogen-bond donors (Lipinski definition) is 2. The molecule has 0 aliphatic rings. The minimum atomic E-state index is -0.133. The largest absolute Gasteiger partial charge is 0.508 e. The number of phenols is 1. The quantitative estimate of drug-likeness (QED) is 0.773. The van der Waals surface area contributed by atoms with Crippen LogP contribution in [0.15, 0.2) is 36.4 Å². The molecule has 2 aromatic carbocycles. The van der Waals surface area contributed by atoms with Crippen molar-refractivity contribution in [3.05, 3.63) is 42.0 Å². The van der Waals surface area contributed by atoms with Gasteiger partial charge >= 0.3 is 0 Å². The van der Waals surface area contributed by atoms with Crippen molar-refractivity contribution in [3.8, 4) is 5.75 Å². The van der Waals surface area contributed by atoms with Gasteiger partial charge in [0.05, 0.1) is 5.56 Å². The first-order chi connectivity index (χ1) is 10.7. The van der Waals surface area contributed by atoms with E-state index >= 15 is 0 Å². The van der Waals surface area contributed by atoms with E-state index < -0.39 is 0 Å². The highest BCUT2D eigenvalue weighted by Crippen LogP contribution is 2.24. The fourth-order valence-electron chi connectivity index (χ4n) is 2.62. The Morgan fingerprint density at radius 2 is 1.91 bits per heavy atom. The highest BCUT2D eigenvalue weighted by atomic mass is 16.3. The lowest BCUT2D eigenvalue weighted by Gasteiger charge is -2.17. The summed E-state index contributed by atoms with van der Waals surface area (Å²) in [6.45, 7) is 7.96. The van der Waals surface area contributed by atoms with E-state index in [1.165, 1.54) is 6.07 Å². The normalized spacial score (nSPS) is 11.0. The van der Waals surface area contributed by atoms with E-state index in [9.17, 15) is 9.90 Å². The molecule has 0 spiro atoms. The SMILES string of the molecule is CCN(CC)CCCNC(=O)c1cc(O)cc2ccccc12. The van der Waals surface area contributed by atoms with Gasteiger partial charge in [0.2, 0.25) is 0 Å². The first-order valence-electron chi connectivity index (χ1n) is 7.88. The van der Waals surface area contributed by atoms with Gasteiger partial charge < -0.3 is 15.3 Å². The Labute approximate surface area is 131 Å². The van der Waals surface area contributed by atoms with Crippen LogP contribution in [0.1, 0.15) is 30.6 Å². The number of hydrogen-bond acceptors (Lipinski definition) is 3. The van der Waals surface area contributed by atoms with Crippen LogP contribution in [0.2, 0.25) is 0 Å². The summed E-state index contributed by atoms with van der Waals surface area (Å²) in [7, 11) is 0. The number of amides is 1. The summed E-state index contributed by atoms with van der Waals surface area (Å²) < 4.78 is 0. The van der Waals surface area contributed by atoms with E-state index in [1.807, 2.05) is 24.3 Å². The highest BCUT2D eigenvalue weighted by molar-refractivity contribution is 6.07. The van der Waals surface area contributed by atoms with E-state index in [0.717, 1.165) is 36.8 Å². The monoisotopic (exact) mass is 300 g/mol. The lowest BCUT2D eigenvalue weighted by atomic mass is 10.0. The summed E-state index contributed by atoms with van der Waals surface area (Å²) in [5.74, 6) is -0.0151. The molecule has 0 atom stereocenters. The fourth-order valence-corrected chi connectivity index (χ4v) is 2.62. The third-order valence-electron chi connectivity index (χ3n) is 3.92. The summed E-state index contributed by atoms with van der Waals surface area (Å²) in [6.07, 6.45) is 0.921. The second-order valence-electron chi connectivity index (χ2n) is 5.35. The number of rotatable bonds is 7. The van der Waals surface area contributed by atoms with Crippen LogP contribution in [0.5, 0.6) is 5.75 Å². The first kappa shape index (κ1) is 16.3. The van der Waals surface area contributed by atoms with Gasteiger partial charge in [-0.05, 0) is 49.0 Å². The Bertz CT molecular complexity index is 636. The minimum absolute atomic E-state index is 0.118. The molecule has 0 bridgehead atoms. The number of aromatic hydroxyl groups is 1. The lowest BCUT2D eigenvalue weighted by Crippen LogP contribution is -2.30. The fraction of sp³-hybridized carbons (Fsp3) is 0.389. The topological polar surface area (TPSA) is 52.6 Å². The second kappa shape index (κ2) is 7.80. The average molecular weight is 300 g/mol. The molecule has 0 aromatic heterocycles. The van der Waals surface area contributed by atoms with Crippen LogP contribution < -0.4 is 5.32 Å². The first-order valence-corrected chi connectivity index (χ1v) is 7.88. The van der Waals surface area contributed by atoms with Gasteiger partial charge in [-0.1, -0.05) is 38.1 Å². The maximum atomic E-state index is 12.4. The Hall–Kier alpha value is -2.07. The molecular formula is C18H24N2O2. The van der Waals surface area contributed by atoms with E-state index in [4.69, 9.17) is 0 Å². The third kappa shape index (κ3) is 3.98. The van der Waals surface area contributed by atoms with Crippen molar-refractivity contribution < 1.29 is 9.90 Å². The standard InChI is InChI=1S/C18H24N2O2/c1-3-20(4-2)11-7-10-19-18(22)17-13-15(21)12-14-8-5-6-9-16(14)17/h5-6,8-9,12-13,21H,3-4,7,10-11H2,1-2H3,(H,19,22). The van der Waals surface area contributed by atoms with Crippen LogP contribution in [-0.4, -0.2) is 42.1 Å². The van der Waals surface area contributed by atoms with Crippen molar-refractivity contribution >= 4 is 16.7 Å². The van der Waals surface area contributed by atoms with Crippen LogP contribution in [-0.2, 0) is 0 Å². The molecule has 0 saturated carbocycles. The Morgan fingerprint density at radius 1 is 1.18 bits per heavy atom. The molecule has 0 saturated heterocycles. The molecule has 0 aliphatic carbocycles. The summed E-state index contributed by atoms with van der Waals surface area (Å²) in [4.78, 5) is 14.7. The van der Waals surface area contributed by atoms with Gasteiger partial charge in [0, 0.05) is 6.54 Å². The maximum Gasteiger partial charge on any atom is 0.252 e. The predicted molar refractivity (Wildman–Crippen MR) is 90.4 cm³/mol. The number of phenolic OH excluding ortho intramolecular Hbond substituents is 1. The van der Waals surface area contributed by atoms with Gasteiger partial charge in [-0.3, -0.25) is 4.79 Å². The lowest BCUT2D eigenvalue weighted by molar-refractivity contribution is 0.0953. The number of fused-ring (bicyclic) bond motifs is 1. The molecule has 0 aliphatic heterocycles. The zero-order chi connectivity index (χ0) is 15.9. The van der Waals surface area contributed by atoms with Crippen LogP contribution in [0, 0.1) is 0 Å². The third-order valence-corrected chi connectivity index (χ3v) is 3.92. The minimum Gasteiger partial charge on any atom is -0.508 e. The van der Waals surface area contributed by atoms with Crippen molar-refractivity contribution in [1.29, 1.82) is 0 Å². The zero-order valence-corrected chi connectivity index (χ0v) is 13.3. The van der Waals surface area contributed by atoms with Crippen molar-refractivity contribution in [3.63, 3.8) is 0 Å². The summed E-state index contributed by atoms with van der Waals surface area (Å²) in [5, 5.41) is 14.5. The molecule has 2 rings (SSSR count). The van der Waals surface area contributed by atoms with Crippen LogP contribution >= 0.6 is 0 Å². The van der Waals surface area contributed by atoms with Crippen molar-refractivity contribution in [1.82, 2.24) is 10.2 Å². The molecule has 22 heavy (non-hydrogen) atoms. The maximum absolute atomic E-state index is 12.4. The Morgan fingerprint density at radius 3 is 2.64 bits per heavy atom. The van der Waals surface area contributed by atoms with E-state index in [2.05, 4.69) is 24.1 Å². The van der Waals surface area contributed by atoms with Gasteiger partial charge in [-0.15, -0.1) is 0 Å². The molecule has 0 fully saturated rings. The molecular weight excluding hydrogens is 276 g/mol. The Kier molecular flexibility index (Phi) is 5.78. The van der Waals surface area contributed by atoms with Gasteiger partial charge in [-0.2, -0.15) is 0 Å². The molecule has 118 valence electrons. The van der Waals surface area contributed by atoms with Crippen molar-refractivity contribution in [2.45, 2.75) is 20.3 Å². The second-order valence-corrected chi connectivity index (χ2v) is 5.35. The predicted octanol–water partition coefficient (Wildman–Crippen LogP) is 3.01. The van der Waals surface area contributed by atoms with Gasteiger partial charge in [-0.25, -0.2) is 0 Å². The molecule has 0 radical (unpaired) electrons. The molecule has 2 aromatic rings. The van der Waals surface area contributed by atoms with Gasteiger partial charge in [0.25, 0.3) is 5.91 Å². The van der Waals surface area contributed by atoms with E-state index in [0.29, 0.717) is 12.1 Å². The van der Waals surface area contributed by atoms with Gasteiger partial charge in [0.1, 0.15) is 5.75 Å². The molecule has 2 N–H and O–H groups in total. The van der Waals surface area contributed by atoms with Gasteiger partial charge in [0.15, 0.2) is 0 Å². The van der Waals surface area contributed by atoms with Crippen molar-refractivity contribution in [2.75, 3.05) is 26.2 Å². The molecule has 4 heteroatoms. The number of carbonyl (C=O) groups is 1. The molecule has 4 nitrogen and oxygen atoms in total. The Balaban J connectivity index is 2.01. The number of carbonyl (C=O) groups excluding carboxylic acids is 1. The van der Waals surface area contributed by atoms with Crippen LogP contribution in [0.3, 0.4) is 0 Å². The van der Waals surface area contributed by atoms with Crippen molar-refractivity contribution in [2.24, 2.45) is 0 Å². The van der Waals surface area contributed by atoms with Crippen LogP contribution in [0.4, 0.5) is 0 Å². The molecule has 0 unspecified atom stereocenters.